The molecule has 0 radical (unpaired) electrons. The highest BCUT2D eigenvalue weighted by molar-refractivity contribution is 5.58. The van der Waals surface area contributed by atoms with Gasteiger partial charge in [0.2, 0.25) is 5.95 Å². The molecule has 39 heavy (non-hydrogen) atoms. The van der Waals surface area contributed by atoms with Crippen molar-refractivity contribution in [3.05, 3.63) is 94.9 Å². The molecule has 1 aliphatic carbocycles. The van der Waals surface area contributed by atoms with E-state index in [9.17, 15) is 13.2 Å². The minimum absolute atomic E-state index is 0.0183. The molecule has 1 aliphatic heterocycles. The number of pyridine rings is 1. The van der Waals surface area contributed by atoms with Crippen LogP contribution >= 0.6 is 0 Å². The molecule has 0 bridgehead atoms. The molecule has 4 aromatic rings. The maximum absolute atomic E-state index is 13.6. The predicted octanol–water partition coefficient (Wildman–Crippen LogP) is 6.36. The van der Waals surface area contributed by atoms with Crippen molar-refractivity contribution in [1.82, 2.24) is 24.6 Å². The number of hydrogen-bond donors (Lipinski definition) is 1. The van der Waals surface area contributed by atoms with Crippen molar-refractivity contribution in [3.63, 3.8) is 0 Å². The average Bonchev–Trinajstić information content (AvgIpc) is 3.57. The second kappa shape index (κ2) is 10.8. The van der Waals surface area contributed by atoms with E-state index >= 15 is 0 Å². The molecule has 2 aliphatic rings. The third kappa shape index (κ3) is 5.83. The van der Waals surface area contributed by atoms with Crippen molar-refractivity contribution < 1.29 is 13.2 Å². The second-order valence-electron chi connectivity index (χ2n) is 10.4. The van der Waals surface area contributed by atoms with Crippen LogP contribution in [0.4, 0.5) is 24.8 Å². The van der Waals surface area contributed by atoms with Crippen molar-refractivity contribution in [2.24, 2.45) is 0 Å². The third-order valence-electron chi connectivity index (χ3n) is 7.71. The maximum Gasteiger partial charge on any atom is 0.453 e. The fourth-order valence-corrected chi connectivity index (χ4v) is 5.73. The Kier molecular flexibility index (Phi) is 7.08. The van der Waals surface area contributed by atoms with Crippen LogP contribution in [0.5, 0.6) is 0 Å². The lowest BCUT2D eigenvalue weighted by Crippen LogP contribution is -2.32. The number of rotatable bonds is 6. The second-order valence-corrected chi connectivity index (χ2v) is 10.4. The van der Waals surface area contributed by atoms with Crippen molar-refractivity contribution in [1.29, 1.82) is 0 Å². The first-order valence-electron chi connectivity index (χ1n) is 13.6. The average molecular weight is 533 g/mol. The van der Waals surface area contributed by atoms with Gasteiger partial charge in [0.15, 0.2) is 5.82 Å². The molecule has 1 fully saturated rings. The largest absolute Gasteiger partial charge is 0.453 e. The molecule has 2 aromatic heterocycles. The molecule has 6 rings (SSSR count). The first kappa shape index (κ1) is 25.6. The van der Waals surface area contributed by atoms with Crippen LogP contribution in [0.1, 0.15) is 53.9 Å². The summed E-state index contributed by atoms with van der Waals surface area (Å²) in [5.41, 5.74) is 5.04. The minimum Gasteiger partial charge on any atom is -0.324 e. The van der Waals surface area contributed by atoms with Gasteiger partial charge in [-0.2, -0.15) is 22.8 Å². The Bertz CT molecular complexity index is 1430. The smallest absolute Gasteiger partial charge is 0.324 e. The van der Waals surface area contributed by atoms with Gasteiger partial charge in [0.05, 0.1) is 0 Å². The molecule has 3 heterocycles. The monoisotopic (exact) mass is 532 g/mol. The first-order valence-corrected chi connectivity index (χ1v) is 13.6. The van der Waals surface area contributed by atoms with Crippen LogP contribution < -0.4 is 5.32 Å². The molecule has 6 nitrogen and oxygen atoms in total. The number of fused-ring (bicyclic) bond motifs is 1. The number of likely N-dealkylation sites (tertiary alicyclic amines) is 1. The van der Waals surface area contributed by atoms with Gasteiger partial charge in [-0.1, -0.05) is 42.5 Å². The van der Waals surface area contributed by atoms with Gasteiger partial charge < -0.3 is 10.2 Å². The zero-order chi connectivity index (χ0) is 26.8. The van der Waals surface area contributed by atoms with Crippen LogP contribution in [0, 0.1) is 0 Å². The van der Waals surface area contributed by atoms with Crippen LogP contribution in [0.2, 0.25) is 0 Å². The van der Waals surface area contributed by atoms with Gasteiger partial charge >= 0.3 is 6.18 Å². The van der Waals surface area contributed by atoms with Crippen molar-refractivity contribution in [3.8, 4) is 5.82 Å². The van der Waals surface area contributed by atoms with Gasteiger partial charge in [0.1, 0.15) is 0 Å². The molecule has 2 aromatic carbocycles. The zero-order valence-electron chi connectivity index (χ0n) is 21.7. The van der Waals surface area contributed by atoms with Gasteiger partial charge in [-0.25, -0.2) is 4.98 Å². The molecule has 1 atom stereocenters. The lowest BCUT2D eigenvalue weighted by atomic mass is 10.0. The minimum atomic E-state index is -4.68. The van der Waals surface area contributed by atoms with Crippen molar-refractivity contribution in [2.75, 3.05) is 18.4 Å². The number of aromatic nitrogens is 4. The topological polar surface area (TPSA) is 58.9 Å². The summed E-state index contributed by atoms with van der Waals surface area (Å²) in [4.78, 5) is 11.1. The quantitative estimate of drug-likeness (QED) is 0.293. The van der Waals surface area contributed by atoms with E-state index in [2.05, 4.69) is 31.3 Å². The highest BCUT2D eigenvalue weighted by atomic mass is 19.4. The van der Waals surface area contributed by atoms with Crippen molar-refractivity contribution >= 4 is 11.6 Å². The molecule has 0 spiro atoms. The molecule has 1 saturated heterocycles. The number of anilines is 2. The van der Waals surface area contributed by atoms with E-state index in [1.807, 2.05) is 48.5 Å². The van der Waals surface area contributed by atoms with Gasteiger partial charge in [0, 0.05) is 23.8 Å². The number of aryl methyl sites for hydroxylation is 2. The van der Waals surface area contributed by atoms with Gasteiger partial charge in [0.25, 0.3) is 5.82 Å². The number of hydrogen-bond acceptors (Lipinski definition) is 5. The Morgan fingerprint density at radius 1 is 0.846 bits per heavy atom. The van der Waals surface area contributed by atoms with E-state index in [1.54, 1.807) is 12.1 Å². The lowest BCUT2D eigenvalue weighted by Gasteiger charge is -2.25. The number of nitrogens with zero attached hydrogens (tertiary/aromatic N) is 5. The summed E-state index contributed by atoms with van der Waals surface area (Å²) in [7, 11) is 0. The molecule has 9 heteroatoms. The Morgan fingerprint density at radius 2 is 1.62 bits per heavy atom. The summed E-state index contributed by atoms with van der Waals surface area (Å²) < 4.78 is 42.1. The van der Waals surface area contributed by atoms with E-state index in [-0.39, 0.29) is 11.8 Å². The summed E-state index contributed by atoms with van der Waals surface area (Å²) in [5.74, 6) is -0.948. The van der Waals surface area contributed by atoms with Gasteiger partial charge in [-0.05, 0) is 92.6 Å². The number of nitrogens with one attached hydrogen (secondary N) is 1. The fraction of sp³-hybridized carbons (Fsp3) is 0.367. The molecular formula is C30H31F3N6. The Hall–Kier alpha value is -3.72. The van der Waals surface area contributed by atoms with Crippen molar-refractivity contribution in [2.45, 2.75) is 57.2 Å². The Labute approximate surface area is 225 Å². The normalized spacial score (nSPS) is 18.1. The summed E-state index contributed by atoms with van der Waals surface area (Å²) in [5, 5.41) is 6.91. The van der Waals surface area contributed by atoms with Crippen LogP contribution in [0.25, 0.3) is 5.82 Å². The molecular weight excluding hydrogens is 501 g/mol. The third-order valence-corrected chi connectivity index (χ3v) is 7.71. The number of alkyl halides is 3. The molecule has 0 saturated carbocycles. The van der Waals surface area contributed by atoms with E-state index in [4.69, 9.17) is 0 Å². The highest BCUT2D eigenvalue weighted by Gasteiger charge is 2.37. The maximum atomic E-state index is 13.6. The summed E-state index contributed by atoms with van der Waals surface area (Å²) in [6.45, 7) is 2.37. The Balaban J connectivity index is 1.27. The molecule has 1 unspecified atom stereocenters. The zero-order valence-corrected chi connectivity index (χ0v) is 21.7. The van der Waals surface area contributed by atoms with Gasteiger partial charge in [-0.15, -0.1) is 5.10 Å². The molecule has 1 N–H and O–H groups in total. The first-order chi connectivity index (χ1) is 18.9. The fourth-order valence-electron chi connectivity index (χ4n) is 5.73. The summed E-state index contributed by atoms with van der Waals surface area (Å²) in [6, 6.07) is 21.7. The van der Waals surface area contributed by atoms with E-state index < -0.39 is 12.0 Å². The molecule has 0 amide bonds. The highest BCUT2D eigenvalue weighted by Crippen LogP contribution is 2.31. The van der Waals surface area contributed by atoms with Crippen LogP contribution in [-0.4, -0.2) is 43.8 Å². The predicted molar refractivity (Wildman–Crippen MR) is 144 cm³/mol. The van der Waals surface area contributed by atoms with E-state index in [0.717, 1.165) is 41.6 Å². The van der Waals surface area contributed by atoms with Crippen LogP contribution in [0.15, 0.2) is 66.7 Å². The van der Waals surface area contributed by atoms with E-state index in [1.165, 1.54) is 37.1 Å². The standard InChI is InChI=1S/C30H31F3N6/c31-30(32,33)28-36-29(39(37-28)27-10-6-9-24(34-27)19-21-7-2-1-3-8-21)35-25-14-11-22-12-15-26(16-13-23(22)20-25)38-17-4-5-18-38/h1-3,6-11,14,20,26H,4-5,12-13,15-19H2,(H,35,36,37). The number of halogens is 3. The Morgan fingerprint density at radius 3 is 2.38 bits per heavy atom. The summed E-state index contributed by atoms with van der Waals surface area (Å²) >= 11 is 0. The number of benzene rings is 2. The van der Waals surface area contributed by atoms with Crippen LogP contribution in [0.3, 0.4) is 0 Å². The lowest BCUT2D eigenvalue weighted by molar-refractivity contribution is -0.144. The SMILES string of the molecule is FC(F)(F)c1nc(Nc2ccc3c(c2)CCC(N2CCCC2)CC3)n(-c2cccc(Cc3ccccc3)n2)n1. The summed E-state index contributed by atoms with van der Waals surface area (Å²) in [6.07, 6.45) is 2.66. The van der Waals surface area contributed by atoms with E-state index in [0.29, 0.717) is 18.2 Å². The van der Waals surface area contributed by atoms with Gasteiger partial charge in [-0.3, -0.25) is 0 Å². The van der Waals surface area contributed by atoms with Crippen LogP contribution in [-0.2, 0) is 25.4 Å². The molecule has 202 valence electrons.